The van der Waals surface area contributed by atoms with Crippen molar-refractivity contribution in [1.29, 1.82) is 0 Å². The van der Waals surface area contributed by atoms with Crippen molar-refractivity contribution in [1.82, 2.24) is 15.1 Å². The largest absolute Gasteiger partial charge is 0.392 e. The third-order valence-electron chi connectivity index (χ3n) is 9.41. The van der Waals surface area contributed by atoms with Crippen molar-refractivity contribution in [3.8, 4) is 11.1 Å². The van der Waals surface area contributed by atoms with E-state index < -0.39 is 16.0 Å². The lowest BCUT2D eigenvalue weighted by Crippen LogP contribution is -2.51. The van der Waals surface area contributed by atoms with Crippen molar-refractivity contribution in [3.05, 3.63) is 131 Å². The lowest BCUT2D eigenvalue weighted by Gasteiger charge is -2.44. The van der Waals surface area contributed by atoms with E-state index in [9.17, 15) is 9.90 Å². The molecule has 7 nitrogen and oxygen atoms in total. The van der Waals surface area contributed by atoms with Crippen molar-refractivity contribution in [2.45, 2.75) is 48.9 Å². The second kappa shape index (κ2) is 16.4. The summed E-state index contributed by atoms with van der Waals surface area (Å²) in [5, 5.41) is 12.3. The topological polar surface area (TPSA) is 74.3 Å². The van der Waals surface area contributed by atoms with Gasteiger partial charge in [0, 0.05) is 57.3 Å². The summed E-state index contributed by atoms with van der Waals surface area (Å²) in [5.41, 5.74) is 7.05. The molecular weight excluding hydrogens is 681 g/mol. The number of hydrogen-bond donors (Lipinski definition) is 2. The number of carbonyl (C=O) groups excluding carboxylic acids is 1. The summed E-state index contributed by atoms with van der Waals surface area (Å²) in [6.45, 7) is 8.20. The molecule has 0 aliphatic carbocycles. The highest BCUT2D eigenvalue weighted by atomic mass is 35.6. The van der Waals surface area contributed by atoms with Gasteiger partial charge in [0.2, 0.25) is 0 Å². The number of benzene rings is 4. The van der Waals surface area contributed by atoms with Crippen LogP contribution in [0.5, 0.6) is 0 Å². The molecule has 10 heteroatoms. The molecule has 2 saturated heterocycles. The van der Waals surface area contributed by atoms with Crippen LogP contribution in [0.1, 0.15) is 47.1 Å². The molecule has 1 amide bonds. The Kier molecular flexibility index (Phi) is 12.0. The minimum atomic E-state index is -2.02. The quantitative estimate of drug-likeness (QED) is 0.166. The Morgan fingerprint density at radius 2 is 1.43 bits per heavy atom. The molecule has 2 fully saturated rings. The smallest absolute Gasteiger partial charge is 0.272 e. The van der Waals surface area contributed by atoms with Gasteiger partial charge in [0.15, 0.2) is 6.29 Å². The standard InChI is InChI=1S/C39H42Cl3N3O4/c1-27-35(25-45-19-17-44(18-20-45)24-28-7-3-2-4-8-28)48-37(49-36(27)31-15-13-29(26-46)14-16-31)34-12-6-11-33(22-34)32-10-5-9-30(21-32)23-43-38(47)39(40,41)42/h2-16,21-22,27,35-37,46H,17-20,23-26H2,1H3,(H,43,47)/t27-,35+,36+,37+/m0/s1. The summed E-state index contributed by atoms with van der Waals surface area (Å²) in [4.78, 5) is 17.1. The number of piperazine rings is 1. The van der Waals surface area contributed by atoms with Crippen LogP contribution in [0.25, 0.3) is 11.1 Å². The van der Waals surface area contributed by atoms with Gasteiger partial charge in [-0.2, -0.15) is 0 Å². The maximum atomic E-state index is 12.1. The monoisotopic (exact) mass is 721 g/mol. The van der Waals surface area contributed by atoms with Crippen molar-refractivity contribution in [2.75, 3.05) is 32.7 Å². The van der Waals surface area contributed by atoms with E-state index in [1.54, 1.807) is 0 Å². The number of amides is 1. The van der Waals surface area contributed by atoms with Gasteiger partial charge in [-0.25, -0.2) is 0 Å². The van der Waals surface area contributed by atoms with Crippen LogP contribution in [0.15, 0.2) is 103 Å². The normalized spacial score (nSPS) is 22.1. The minimum absolute atomic E-state index is 0.000758. The SMILES string of the molecule is C[C@H]1[C@@H](CN2CCN(Cc3ccccc3)CC2)O[C@@H](c2cccc(-c3cccc(CNC(=O)C(Cl)(Cl)Cl)c3)c2)O[C@H]1c1ccc(CO)cc1. The van der Waals surface area contributed by atoms with Crippen molar-refractivity contribution in [2.24, 2.45) is 5.92 Å². The first-order chi connectivity index (χ1) is 23.7. The zero-order valence-corrected chi connectivity index (χ0v) is 29.7. The first-order valence-corrected chi connectivity index (χ1v) is 17.8. The van der Waals surface area contributed by atoms with Gasteiger partial charge < -0.3 is 19.9 Å². The van der Waals surface area contributed by atoms with Gasteiger partial charge in [-0.15, -0.1) is 0 Å². The molecule has 2 aliphatic heterocycles. The van der Waals surface area contributed by atoms with Gasteiger partial charge in [-0.05, 0) is 45.5 Å². The Labute approximate surface area is 303 Å². The Morgan fingerprint density at radius 1 is 0.776 bits per heavy atom. The van der Waals surface area contributed by atoms with Crippen LogP contribution in [0.2, 0.25) is 0 Å². The lowest BCUT2D eigenvalue weighted by atomic mass is 9.89. The van der Waals surface area contributed by atoms with E-state index in [4.69, 9.17) is 44.3 Å². The van der Waals surface area contributed by atoms with Crippen molar-refractivity contribution < 1.29 is 19.4 Å². The summed E-state index contributed by atoms with van der Waals surface area (Å²) in [5.74, 6) is -0.573. The Morgan fingerprint density at radius 3 is 2.12 bits per heavy atom. The fourth-order valence-corrected chi connectivity index (χ4v) is 6.76. The zero-order valence-electron chi connectivity index (χ0n) is 27.5. The van der Waals surface area contributed by atoms with Gasteiger partial charge >= 0.3 is 0 Å². The average molecular weight is 723 g/mol. The molecule has 0 unspecified atom stereocenters. The maximum absolute atomic E-state index is 12.1. The number of alkyl halides is 3. The molecule has 4 aromatic carbocycles. The van der Waals surface area contributed by atoms with E-state index >= 15 is 0 Å². The first-order valence-electron chi connectivity index (χ1n) is 16.7. The molecule has 6 rings (SSSR count). The third kappa shape index (κ3) is 9.43. The molecule has 0 bridgehead atoms. The molecule has 4 atom stereocenters. The van der Waals surface area contributed by atoms with Crippen molar-refractivity contribution >= 4 is 40.7 Å². The van der Waals surface area contributed by atoms with E-state index in [1.165, 1.54) is 5.56 Å². The molecule has 258 valence electrons. The summed E-state index contributed by atoms with van der Waals surface area (Å²) in [6.07, 6.45) is -0.824. The molecule has 2 aliphatic rings. The van der Waals surface area contributed by atoms with Gasteiger partial charge in [0.05, 0.1) is 18.8 Å². The molecule has 0 saturated carbocycles. The van der Waals surface area contributed by atoms with Gasteiger partial charge in [0.1, 0.15) is 0 Å². The number of halogens is 3. The zero-order chi connectivity index (χ0) is 34.4. The minimum Gasteiger partial charge on any atom is -0.392 e. The van der Waals surface area contributed by atoms with E-state index in [0.29, 0.717) is 0 Å². The Balaban J connectivity index is 1.19. The summed E-state index contributed by atoms with van der Waals surface area (Å²) in [6, 6.07) is 34.8. The fourth-order valence-electron chi connectivity index (χ4n) is 6.56. The Hall–Kier alpha value is -2.98. The Bertz CT molecular complexity index is 1680. The number of ether oxygens (including phenoxy) is 2. The van der Waals surface area contributed by atoms with Crippen LogP contribution in [-0.4, -0.2) is 63.4 Å². The second-order valence-corrected chi connectivity index (χ2v) is 15.2. The highest BCUT2D eigenvalue weighted by Crippen LogP contribution is 2.42. The third-order valence-corrected chi connectivity index (χ3v) is 9.92. The molecule has 0 aromatic heterocycles. The molecule has 49 heavy (non-hydrogen) atoms. The van der Waals surface area contributed by atoms with Crippen molar-refractivity contribution in [3.63, 3.8) is 0 Å². The van der Waals surface area contributed by atoms with Crippen LogP contribution < -0.4 is 5.32 Å². The fraction of sp³-hybridized carbons (Fsp3) is 0.359. The van der Waals surface area contributed by atoms with E-state index in [-0.39, 0.29) is 31.3 Å². The first kappa shape index (κ1) is 35.8. The second-order valence-electron chi connectivity index (χ2n) is 12.9. The van der Waals surface area contributed by atoms with Gasteiger partial charge in [-0.1, -0.05) is 133 Å². The summed E-state index contributed by atoms with van der Waals surface area (Å²) < 4.78 is 11.6. The van der Waals surface area contributed by atoms with E-state index in [1.807, 2.05) is 54.6 Å². The van der Waals surface area contributed by atoms with Crippen LogP contribution >= 0.6 is 34.8 Å². The maximum Gasteiger partial charge on any atom is 0.272 e. The molecular formula is C39H42Cl3N3O4. The number of rotatable bonds is 10. The number of nitrogens with one attached hydrogen (secondary N) is 1. The number of aliphatic hydroxyl groups is 1. The van der Waals surface area contributed by atoms with Gasteiger partial charge in [-0.3, -0.25) is 14.6 Å². The predicted octanol–water partition coefficient (Wildman–Crippen LogP) is 7.44. The highest BCUT2D eigenvalue weighted by molar-refractivity contribution is 6.76. The molecule has 2 heterocycles. The van der Waals surface area contributed by atoms with E-state index in [0.717, 1.165) is 72.6 Å². The predicted molar refractivity (Wildman–Crippen MR) is 195 cm³/mol. The number of hydrogen-bond acceptors (Lipinski definition) is 6. The van der Waals surface area contributed by atoms with Crippen LogP contribution in [0.3, 0.4) is 0 Å². The number of aliphatic hydroxyl groups excluding tert-OH is 1. The number of nitrogens with zero attached hydrogens (tertiary/aromatic N) is 2. The van der Waals surface area contributed by atoms with Crippen LogP contribution in [-0.2, 0) is 34.0 Å². The van der Waals surface area contributed by atoms with Gasteiger partial charge in [0.25, 0.3) is 9.70 Å². The molecule has 4 aromatic rings. The lowest BCUT2D eigenvalue weighted by molar-refractivity contribution is -0.276. The van der Waals surface area contributed by atoms with E-state index in [2.05, 4.69) is 70.6 Å². The molecule has 0 radical (unpaired) electrons. The molecule has 0 spiro atoms. The molecule has 2 N–H and O–H groups in total. The summed E-state index contributed by atoms with van der Waals surface area (Å²) in [7, 11) is 0. The van der Waals surface area contributed by atoms with Crippen LogP contribution in [0.4, 0.5) is 0 Å². The van der Waals surface area contributed by atoms with Crippen LogP contribution in [0, 0.1) is 5.92 Å². The highest BCUT2D eigenvalue weighted by Gasteiger charge is 2.39. The average Bonchev–Trinajstić information content (AvgIpc) is 3.12. The summed E-state index contributed by atoms with van der Waals surface area (Å²) >= 11 is 17.2. The number of carbonyl (C=O) groups is 1.